The number of carbonyl (C=O) groups is 1. The first-order chi connectivity index (χ1) is 9.85. The number of ether oxygens (including phenoxy) is 1. The Morgan fingerprint density at radius 1 is 1.57 bits per heavy atom. The molecule has 0 radical (unpaired) electrons. The minimum absolute atomic E-state index is 0.0526. The average molecular weight is 396 g/mol. The lowest BCUT2D eigenvalue weighted by molar-refractivity contribution is 0.0606. The van der Waals surface area contributed by atoms with Gasteiger partial charge >= 0.3 is 5.97 Å². The van der Waals surface area contributed by atoms with Crippen LogP contribution in [0.25, 0.3) is 0 Å². The van der Waals surface area contributed by atoms with Crippen molar-refractivity contribution in [2.24, 2.45) is 0 Å². The predicted molar refractivity (Wildman–Crippen MR) is 76.3 cm³/mol. The van der Waals surface area contributed by atoms with Gasteiger partial charge in [-0.1, -0.05) is 5.21 Å². The van der Waals surface area contributed by atoms with Crippen molar-refractivity contribution in [2.45, 2.75) is 17.9 Å². The summed E-state index contributed by atoms with van der Waals surface area (Å²) >= 11 is 4.10. The van der Waals surface area contributed by atoms with Crippen molar-refractivity contribution in [1.82, 2.24) is 25.3 Å². The zero-order valence-electron chi connectivity index (χ0n) is 10.8. The fraction of sp³-hybridized carbons (Fsp3) is 0.333. The van der Waals surface area contributed by atoms with Gasteiger partial charge in [-0.05, 0) is 28.9 Å². The summed E-state index contributed by atoms with van der Waals surface area (Å²) in [6.45, 7) is 1.57. The number of thiophene rings is 1. The van der Waals surface area contributed by atoms with E-state index in [0.717, 1.165) is 11.3 Å². The lowest BCUT2D eigenvalue weighted by atomic mass is 10.4. The van der Waals surface area contributed by atoms with Crippen LogP contribution in [0.3, 0.4) is 0 Å². The highest BCUT2D eigenvalue weighted by Crippen LogP contribution is 2.32. The number of hydrogen-bond donors (Lipinski definition) is 2. The smallest absolute Gasteiger partial charge is 0.348 e. The third-order valence-electron chi connectivity index (χ3n) is 2.41. The van der Waals surface area contributed by atoms with E-state index in [4.69, 9.17) is 0 Å². The van der Waals surface area contributed by atoms with Crippen LogP contribution in [0, 0.1) is 0 Å². The molecule has 2 heterocycles. The zero-order chi connectivity index (χ0) is 15.6. The van der Waals surface area contributed by atoms with Crippen LogP contribution in [0.15, 0.2) is 14.7 Å². The average Bonchev–Trinajstić information content (AvgIpc) is 3.06. The highest BCUT2D eigenvalue weighted by molar-refractivity contribution is 9.11. The third-order valence-corrected chi connectivity index (χ3v) is 6.19. The first-order valence-electron chi connectivity index (χ1n) is 5.48. The Morgan fingerprint density at radius 3 is 2.86 bits per heavy atom. The van der Waals surface area contributed by atoms with Gasteiger partial charge in [0, 0.05) is 0 Å². The number of halogens is 1. The van der Waals surface area contributed by atoms with Crippen molar-refractivity contribution in [1.29, 1.82) is 0 Å². The first-order valence-corrected chi connectivity index (χ1v) is 8.57. The fourth-order valence-electron chi connectivity index (χ4n) is 1.44. The van der Waals surface area contributed by atoms with Gasteiger partial charge < -0.3 is 4.74 Å². The molecule has 0 saturated heterocycles. The molecular weight excluding hydrogens is 386 g/mol. The molecule has 0 aliphatic rings. The molecule has 1 unspecified atom stereocenters. The zero-order valence-corrected chi connectivity index (χ0v) is 14.0. The van der Waals surface area contributed by atoms with E-state index < -0.39 is 22.0 Å². The van der Waals surface area contributed by atoms with Crippen LogP contribution in [0.2, 0.25) is 0 Å². The van der Waals surface area contributed by atoms with Crippen LogP contribution < -0.4 is 4.72 Å². The highest BCUT2D eigenvalue weighted by Gasteiger charge is 2.26. The van der Waals surface area contributed by atoms with Crippen LogP contribution in [-0.2, 0) is 14.8 Å². The minimum atomic E-state index is -3.85. The molecule has 0 fully saturated rings. The number of nitrogens with zero attached hydrogens (tertiary/aromatic N) is 3. The molecule has 1 atom stereocenters. The number of hydrogen-bond acceptors (Lipinski definition) is 8. The van der Waals surface area contributed by atoms with Crippen LogP contribution in [0.1, 0.15) is 28.5 Å². The molecule has 0 bridgehead atoms. The standard InChI is InChI=1S/C9H10BrN5O4S2/c1-4(8-11-14-15-12-8)13-21(17,18)6-3-5(9(16)19-2)20-7(6)10/h3-4,13H,1-2H3,(H,11,12,14,15). The summed E-state index contributed by atoms with van der Waals surface area (Å²) in [6.07, 6.45) is 0. The van der Waals surface area contributed by atoms with E-state index in [1.165, 1.54) is 13.2 Å². The van der Waals surface area contributed by atoms with E-state index in [1.807, 2.05) is 0 Å². The van der Waals surface area contributed by atoms with Gasteiger partial charge in [0.15, 0.2) is 5.82 Å². The molecule has 2 N–H and O–H groups in total. The molecule has 0 aliphatic carbocycles. The summed E-state index contributed by atoms with van der Waals surface area (Å²) in [5.74, 6) is -0.397. The molecule has 2 rings (SSSR count). The van der Waals surface area contributed by atoms with E-state index in [0.29, 0.717) is 3.79 Å². The lowest BCUT2D eigenvalue weighted by Crippen LogP contribution is -2.27. The quantitative estimate of drug-likeness (QED) is 0.718. The number of aromatic nitrogens is 4. The van der Waals surface area contributed by atoms with Crippen molar-refractivity contribution in [3.05, 3.63) is 20.6 Å². The van der Waals surface area contributed by atoms with Crippen molar-refractivity contribution >= 4 is 43.3 Å². The van der Waals surface area contributed by atoms with Crippen molar-refractivity contribution in [3.8, 4) is 0 Å². The maximum Gasteiger partial charge on any atom is 0.348 e. The summed E-state index contributed by atoms with van der Waals surface area (Å²) in [7, 11) is -2.63. The highest BCUT2D eigenvalue weighted by atomic mass is 79.9. The van der Waals surface area contributed by atoms with Gasteiger partial charge in [-0.3, -0.25) is 0 Å². The second-order valence-electron chi connectivity index (χ2n) is 3.85. The second kappa shape index (κ2) is 6.17. The van der Waals surface area contributed by atoms with Crippen LogP contribution >= 0.6 is 27.3 Å². The number of esters is 1. The molecular formula is C9H10BrN5O4S2. The summed E-state index contributed by atoms with van der Waals surface area (Å²) in [6, 6.07) is 0.563. The molecule has 9 nitrogen and oxygen atoms in total. The number of rotatable bonds is 5. The number of nitrogens with one attached hydrogen (secondary N) is 2. The van der Waals surface area contributed by atoms with Crippen molar-refractivity contribution in [2.75, 3.05) is 7.11 Å². The number of sulfonamides is 1. The third kappa shape index (κ3) is 3.45. The maximum atomic E-state index is 12.3. The monoisotopic (exact) mass is 395 g/mol. The van der Waals surface area contributed by atoms with Crippen LogP contribution in [-0.4, -0.2) is 42.1 Å². The summed E-state index contributed by atoms with van der Waals surface area (Å²) < 4.78 is 31.9. The Morgan fingerprint density at radius 2 is 2.29 bits per heavy atom. The van der Waals surface area contributed by atoms with Gasteiger partial charge in [0.25, 0.3) is 0 Å². The minimum Gasteiger partial charge on any atom is -0.465 e. The molecule has 114 valence electrons. The summed E-state index contributed by atoms with van der Waals surface area (Å²) in [5.41, 5.74) is 0. The molecule has 2 aromatic rings. The van der Waals surface area contributed by atoms with E-state index in [1.54, 1.807) is 6.92 Å². The molecule has 21 heavy (non-hydrogen) atoms. The van der Waals surface area contributed by atoms with Crippen molar-refractivity contribution in [3.63, 3.8) is 0 Å². The Bertz CT molecular complexity index is 742. The van der Waals surface area contributed by atoms with E-state index in [2.05, 4.69) is 46.0 Å². The normalized spacial score (nSPS) is 13.1. The molecule has 0 aliphatic heterocycles. The number of methoxy groups -OCH3 is 1. The van der Waals surface area contributed by atoms with Gasteiger partial charge in [-0.15, -0.1) is 21.5 Å². The van der Waals surface area contributed by atoms with E-state index >= 15 is 0 Å². The molecule has 0 spiro atoms. The topological polar surface area (TPSA) is 127 Å². The Labute approximate surface area is 132 Å². The van der Waals surface area contributed by atoms with E-state index in [-0.39, 0.29) is 15.6 Å². The summed E-state index contributed by atoms with van der Waals surface area (Å²) in [4.78, 5) is 11.6. The molecule has 0 amide bonds. The Hall–Kier alpha value is -1.37. The van der Waals surface area contributed by atoms with Gasteiger partial charge in [0.05, 0.1) is 16.9 Å². The van der Waals surface area contributed by atoms with Gasteiger partial charge in [0.2, 0.25) is 10.0 Å². The predicted octanol–water partition coefficient (Wildman–Crippen LogP) is 0.850. The molecule has 12 heteroatoms. The number of H-pyrrole nitrogens is 1. The fourth-order valence-corrected chi connectivity index (χ4v) is 5.12. The first kappa shape index (κ1) is 16.0. The number of carbonyl (C=O) groups excluding carboxylic acids is 1. The Kier molecular flexibility index (Phi) is 4.70. The van der Waals surface area contributed by atoms with Gasteiger partial charge in [0.1, 0.15) is 9.77 Å². The largest absolute Gasteiger partial charge is 0.465 e. The molecule has 0 saturated carbocycles. The molecule has 0 aromatic carbocycles. The van der Waals surface area contributed by atoms with Crippen molar-refractivity contribution < 1.29 is 17.9 Å². The number of aromatic amines is 1. The SMILES string of the molecule is COC(=O)c1cc(S(=O)(=O)NC(C)c2nn[nH]n2)c(Br)s1. The maximum absolute atomic E-state index is 12.3. The lowest BCUT2D eigenvalue weighted by Gasteiger charge is -2.09. The van der Waals surface area contributed by atoms with E-state index in [9.17, 15) is 13.2 Å². The second-order valence-corrected chi connectivity index (χ2v) is 7.91. The number of tetrazole rings is 1. The van der Waals surface area contributed by atoms with Gasteiger partial charge in [-0.2, -0.15) is 5.21 Å². The Balaban J connectivity index is 2.27. The van der Waals surface area contributed by atoms with Crippen LogP contribution in [0.4, 0.5) is 0 Å². The summed E-state index contributed by atoms with van der Waals surface area (Å²) in [5, 5.41) is 13.0. The van der Waals surface area contributed by atoms with Gasteiger partial charge in [-0.25, -0.2) is 17.9 Å². The molecule has 2 aromatic heterocycles. The van der Waals surface area contributed by atoms with Crippen LogP contribution in [0.5, 0.6) is 0 Å².